The molecule has 1 aromatic rings. The van der Waals surface area contributed by atoms with Gasteiger partial charge in [0.05, 0.1) is 24.1 Å². The predicted octanol–water partition coefficient (Wildman–Crippen LogP) is 2.82. The van der Waals surface area contributed by atoms with Gasteiger partial charge in [-0.1, -0.05) is 19.0 Å². The second-order valence-electron chi connectivity index (χ2n) is 11.1. The van der Waals surface area contributed by atoms with Crippen LogP contribution in [0.15, 0.2) is 10.6 Å². The quantitative estimate of drug-likeness (QED) is 0.507. The Bertz CT molecular complexity index is 955. The Balaban J connectivity index is 1.55. The van der Waals surface area contributed by atoms with E-state index in [2.05, 4.69) is 10.5 Å². The molecular weight excluding hydrogens is 472 g/mol. The fourth-order valence-corrected chi connectivity index (χ4v) is 5.34. The summed E-state index contributed by atoms with van der Waals surface area (Å²) in [6.07, 6.45) is 5.89. The molecule has 3 heterocycles. The number of nitrogens with zero attached hydrogens (tertiary/aromatic N) is 3. The second-order valence-corrected chi connectivity index (χ2v) is 13.1. The first-order chi connectivity index (χ1) is 16.3. The number of carbonyl (C=O) groups excluding carboxylic acids is 1. The summed E-state index contributed by atoms with van der Waals surface area (Å²) >= 11 is 0. The average Bonchev–Trinajstić information content (AvgIpc) is 3.27. The number of aromatic nitrogens is 1. The van der Waals surface area contributed by atoms with Gasteiger partial charge in [-0.3, -0.25) is 15.0 Å². The number of hydrogen-bond donors (Lipinski definition) is 1. The molecule has 3 rings (SSSR count). The molecule has 2 fully saturated rings. The average molecular weight is 515 g/mol. The van der Waals surface area contributed by atoms with E-state index in [1.165, 1.54) is 10.6 Å². The fourth-order valence-electron chi connectivity index (χ4n) is 4.40. The first kappa shape index (κ1) is 28.0. The van der Waals surface area contributed by atoms with Gasteiger partial charge in [-0.25, -0.2) is 12.7 Å². The highest BCUT2D eigenvalue weighted by atomic mass is 32.2. The summed E-state index contributed by atoms with van der Waals surface area (Å²) in [6, 6.07) is 1.74. The third kappa shape index (κ3) is 7.48. The van der Waals surface area contributed by atoms with Crippen molar-refractivity contribution in [3.05, 3.63) is 11.8 Å². The van der Waals surface area contributed by atoms with Crippen LogP contribution in [0.25, 0.3) is 0 Å². The molecule has 35 heavy (non-hydrogen) atoms. The molecule has 2 atom stereocenters. The molecule has 11 heteroatoms. The molecule has 2 aliphatic heterocycles. The highest BCUT2D eigenvalue weighted by Crippen LogP contribution is 2.28. The molecule has 1 unspecified atom stereocenters. The maximum atomic E-state index is 13.1. The minimum absolute atomic E-state index is 0.168. The highest BCUT2D eigenvalue weighted by Gasteiger charge is 2.36. The molecule has 2 saturated heterocycles. The summed E-state index contributed by atoms with van der Waals surface area (Å²) in [4.78, 5) is 15.1. The largest absolute Gasteiger partial charge is 0.353 e. The van der Waals surface area contributed by atoms with Crippen LogP contribution in [0.2, 0.25) is 0 Å². The molecule has 0 radical (unpaired) electrons. The number of piperidine rings is 1. The zero-order valence-electron chi connectivity index (χ0n) is 22.0. The molecule has 0 aliphatic carbocycles. The third-order valence-electron chi connectivity index (χ3n) is 7.20. The van der Waals surface area contributed by atoms with Crippen LogP contribution < -0.4 is 5.32 Å². The molecule has 2 aliphatic rings. The number of anilines is 1. The summed E-state index contributed by atoms with van der Waals surface area (Å²) in [5, 5.41) is 7.02. The van der Waals surface area contributed by atoms with E-state index >= 15 is 0 Å². The minimum atomic E-state index is -3.21. The lowest BCUT2D eigenvalue weighted by atomic mass is 9.90. The highest BCUT2D eigenvalue weighted by molar-refractivity contribution is 7.88. The van der Waals surface area contributed by atoms with Gasteiger partial charge in [0.25, 0.3) is 0 Å². The standard InChI is InChI=1S/C24H42N4O6S/c1-23(2,17-33-21-11-7-8-13-32-21)19-14-20(34-26-19)25-22(29)24(3,4)27(5)15-18-10-9-12-28(16-18)35(6,30)31/h14,18,21H,7-13,15-17H2,1-6H3,(H,25,29)/t18-,21?/m1/s1. The summed E-state index contributed by atoms with van der Waals surface area (Å²) < 4.78 is 42.4. The van der Waals surface area contributed by atoms with E-state index < -0.39 is 21.0 Å². The Hall–Kier alpha value is -1.53. The molecular formula is C24H42N4O6S. The van der Waals surface area contributed by atoms with Crippen LogP contribution in [-0.2, 0) is 29.7 Å². The zero-order chi connectivity index (χ0) is 25.9. The van der Waals surface area contributed by atoms with Gasteiger partial charge in [0, 0.05) is 37.7 Å². The van der Waals surface area contributed by atoms with Gasteiger partial charge >= 0.3 is 0 Å². The molecule has 1 N–H and O–H groups in total. The van der Waals surface area contributed by atoms with Gasteiger partial charge in [0.2, 0.25) is 21.8 Å². The summed E-state index contributed by atoms with van der Waals surface area (Å²) in [7, 11) is -1.32. The van der Waals surface area contributed by atoms with Crippen molar-refractivity contribution < 1.29 is 27.2 Å². The first-order valence-corrected chi connectivity index (χ1v) is 14.3. The van der Waals surface area contributed by atoms with E-state index in [1.54, 1.807) is 6.07 Å². The van der Waals surface area contributed by atoms with Crippen LogP contribution >= 0.6 is 0 Å². The Morgan fingerprint density at radius 2 is 2.00 bits per heavy atom. The number of carbonyl (C=O) groups is 1. The molecule has 0 aromatic carbocycles. The van der Waals surface area contributed by atoms with Gasteiger partial charge in [-0.2, -0.15) is 0 Å². The Morgan fingerprint density at radius 1 is 1.26 bits per heavy atom. The number of ether oxygens (including phenoxy) is 2. The monoisotopic (exact) mass is 514 g/mol. The molecule has 1 amide bonds. The molecule has 0 bridgehead atoms. The molecule has 0 spiro atoms. The maximum absolute atomic E-state index is 13.1. The van der Waals surface area contributed by atoms with Gasteiger partial charge < -0.3 is 14.0 Å². The SMILES string of the molecule is CN(C[C@H]1CCCN(S(C)(=O)=O)C1)C(C)(C)C(=O)Nc1cc(C(C)(C)COC2CCCCO2)no1. The summed E-state index contributed by atoms with van der Waals surface area (Å²) in [5.41, 5.74) is -0.554. The Kier molecular flexibility index (Phi) is 9.01. The Labute approximate surface area is 209 Å². The number of sulfonamides is 1. The van der Waals surface area contributed by atoms with Crippen LogP contribution in [-0.4, -0.2) is 86.7 Å². The van der Waals surface area contributed by atoms with Gasteiger partial charge in [0.15, 0.2) is 6.29 Å². The van der Waals surface area contributed by atoms with Gasteiger partial charge in [-0.05, 0) is 58.9 Å². The number of likely N-dealkylation sites (N-methyl/N-ethyl adjacent to an activating group) is 1. The molecule has 1 aromatic heterocycles. The number of hydrogen-bond acceptors (Lipinski definition) is 8. The lowest BCUT2D eigenvalue weighted by Gasteiger charge is -2.39. The van der Waals surface area contributed by atoms with Crippen molar-refractivity contribution in [3.63, 3.8) is 0 Å². The first-order valence-electron chi connectivity index (χ1n) is 12.5. The van der Waals surface area contributed by atoms with E-state index in [4.69, 9.17) is 14.0 Å². The smallest absolute Gasteiger partial charge is 0.246 e. The lowest BCUT2D eigenvalue weighted by molar-refractivity contribution is -0.170. The van der Waals surface area contributed by atoms with Crippen molar-refractivity contribution in [3.8, 4) is 0 Å². The van der Waals surface area contributed by atoms with Crippen LogP contribution in [0.4, 0.5) is 5.88 Å². The number of amides is 1. The van der Waals surface area contributed by atoms with Crippen LogP contribution in [0.5, 0.6) is 0 Å². The van der Waals surface area contributed by atoms with Crippen LogP contribution in [0.3, 0.4) is 0 Å². The fraction of sp³-hybridized carbons (Fsp3) is 0.833. The summed E-state index contributed by atoms with van der Waals surface area (Å²) in [6.45, 7) is 10.5. The van der Waals surface area contributed by atoms with Crippen LogP contribution in [0.1, 0.15) is 65.5 Å². The topological polar surface area (TPSA) is 114 Å². The maximum Gasteiger partial charge on any atom is 0.246 e. The lowest BCUT2D eigenvalue weighted by Crippen LogP contribution is -2.53. The van der Waals surface area contributed by atoms with E-state index in [0.717, 1.165) is 38.7 Å². The van der Waals surface area contributed by atoms with Crippen molar-refractivity contribution in [2.45, 2.75) is 77.0 Å². The van der Waals surface area contributed by atoms with Gasteiger partial charge in [0.1, 0.15) is 0 Å². The predicted molar refractivity (Wildman–Crippen MR) is 134 cm³/mol. The zero-order valence-corrected chi connectivity index (χ0v) is 22.8. The van der Waals surface area contributed by atoms with E-state index in [1.807, 2.05) is 39.6 Å². The normalized spacial score (nSPS) is 22.9. The second kappa shape index (κ2) is 11.2. The van der Waals surface area contributed by atoms with E-state index in [9.17, 15) is 13.2 Å². The van der Waals surface area contributed by atoms with Crippen molar-refractivity contribution >= 4 is 21.8 Å². The third-order valence-corrected chi connectivity index (χ3v) is 8.47. The molecule has 0 saturated carbocycles. The van der Waals surface area contributed by atoms with E-state index in [0.29, 0.717) is 31.9 Å². The molecule has 200 valence electrons. The van der Waals surface area contributed by atoms with Crippen molar-refractivity contribution in [1.82, 2.24) is 14.4 Å². The van der Waals surface area contributed by atoms with Gasteiger partial charge in [-0.15, -0.1) is 0 Å². The van der Waals surface area contributed by atoms with Crippen LogP contribution in [0, 0.1) is 5.92 Å². The van der Waals surface area contributed by atoms with Crippen molar-refractivity contribution in [1.29, 1.82) is 0 Å². The van der Waals surface area contributed by atoms with Crippen molar-refractivity contribution in [2.75, 3.05) is 51.5 Å². The minimum Gasteiger partial charge on any atom is -0.353 e. The molecule has 10 nitrogen and oxygen atoms in total. The summed E-state index contributed by atoms with van der Waals surface area (Å²) in [5.74, 6) is 0.235. The van der Waals surface area contributed by atoms with Crippen molar-refractivity contribution in [2.24, 2.45) is 5.92 Å². The number of nitrogens with one attached hydrogen (secondary N) is 1. The van der Waals surface area contributed by atoms with E-state index in [-0.39, 0.29) is 24.0 Å². The Morgan fingerprint density at radius 3 is 2.66 bits per heavy atom. The number of rotatable bonds is 10.